The first-order valence-corrected chi connectivity index (χ1v) is 6.66. The predicted molar refractivity (Wildman–Crippen MR) is 74.3 cm³/mol. The maximum Gasteiger partial charge on any atom is 0.236 e. The van der Waals surface area contributed by atoms with Gasteiger partial charge in [0, 0.05) is 6.54 Å². The van der Waals surface area contributed by atoms with Crippen molar-refractivity contribution in [3.63, 3.8) is 0 Å². The zero-order chi connectivity index (χ0) is 12.0. The van der Waals surface area contributed by atoms with E-state index in [9.17, 15) is 4.79 Å². The van der Waals surface area contributed by atoms with Crippen LogP contribution in [0, 0.1) is 11.8 Å². The van der Waals surface area contributed by atoms with Gasteiger partial charge < -0.3 is 11.1 Å². The summed E-state index contributed by atoms with van der Waals surface area (Å²) in [6, 6.07) is -0.328. The smallest absolute Gasteiger partial charge is 0.236 e. The average molecular weight is 263 g/mol. The number of hydrogen-bond acceptors (Lipinski definition) is 2. The van der Waals surface area contributed by atoms with E-state index in [1.807, 2.05) is 6.92 Å². The SMILES string of the molecule is CC[C@H](N)C(=O)NCCC1CCCC(C)C1.Cl. The summed E-state index contributed by atoms with van der Waals surface area (Å²) < 4.78 is 0. The Bertz CT molecular complexity index is 223. The lowest BCUT2D eigenvalue weighted by atomic mass is 9.81. The molecule has 0 aliphatic heterocycles. The fourth-order valence-electron chi connectivity index (χ4n) is 2.54. The zero-order valence-corrected chi connectivity index (χ0v) is 11.9. The second-order valence-corrected chi connectivity index (χ2v) is 5.23. The molecule has 4 heteroatoms. The van der Waals surface area contributed by atoms with Gasteiger partial charge in [-0.15, -0.1) is 12.4 Å². The number of nitrogens with one attached hydrogen (secondary N) is 1. The quantitative estimate of drug-likeness (QED) is 0.800. The molecule has 1 saturated carbocycles. The van der Waals surface area contributed by atoms with Gasteiger partial charge in [0.25, 0.3) is 0 Å². The molecule has 17 heavy (non-hydrogen) atoms. The fourth-order valence-corrected chi connectivity index (χ4v) is 2.54. The summed E-state index contributed by atoms with van der Waals surface area (Å²) >= 11 is 0. The third-order valence-electron chi connectivity index (χ3n) is 3.67. The average Bonchev–Trinajstić information content (AvgIpc) is 2.28. The molecule has 0 aromatic rings. The van der Waals surface area contributed by atoms with Crippen molar-refractivity contribution in [3.8, 4) is 0 Å². The molecule has 0 aromatic heterocycles. The summed E-state index contributed by atoms with van der Waals surface area (Å²) in [6.07, 6.45) is 7.23. The molecule has 0 heterocycles. The van der Waals surface area contributed by atoms with Crippen molar-refractivity contribution >= 4 is 18.3 Å². The third-order valence-corrected chi connectivity index (χ3v) is 3.67. The predicted octanol–water partition coefficient (Wildman–Crippen LogP) is 2.48. The highest BCUT2D eigenvalue weighted by Gasteiger charge is 2.19. The van der Waals surface area contributed by atoms with E-state index in [1.54, 1.807) is 0 Å². The topological polar surface area (TPSA) is 55.1 Å². The lowest BCUT2D eigenvalue weighted by Crippen LogP contribution is -2.40. The Kier molecular flexibility index (Phi) is 8.61. The number of halogens is 1. The van der Waals surface area contributed by atoms with Gasteiger partial charge in [-0.25, -0.2) is 0 Å². The van der Waals surface area contributed by atoms with Gasteiger partial charge in [-0.05, 0) is 31.1 Å². The highest BCUT2D eigenvalue weighted by Crippen LogP contribution is 2.30. The molecular weight excluding hydrogens is 236 g/mol. The van der Waals surface area contributed by atoms with Gasteiger partial charge in [-0.3, -0.25) is 4.79 Å². The summed E-state index contributed by atoms with van der Waals surface area (Å²) in [4.78, 5) is 11.4. The first-order chi connectivity index (χ1) is 7.63. The van der Waals surface area contributed by atoms with Crippen LogP contribution in [0.25, 0.3) is 0 Å². The Morgan fingerprint density at radius 1 is 1.47 bits per heavy atom. The van der Waals surface area contributed by atoms with Crippen LogP contribution in [-0.2, 0) is 4.79 Å². The van der Waals surface area contributed by atoms with Crippen LogP contribution < -0.4 is 11.1 Å². The lowest BCUT2D eigenvalue weighted by Gasteiger charge is -2.26. The molecular formula is C13H27ClN2O. The Balaban J connectivity index is 0.00000256. The minimum absolute atomic E-state index is 0. The molecule has 0 spiro atoms. The number of carbonyl (C=O) groups is 1. The van der Waals surface area contributed by atoms with Gasteiger partial charge in [0.2, 0.25) is 5.91 Å². The van der Waals surface area contributed by atoms with Gasteiger partial charge in [0.1, 0.15) is 0 Å². The van der Waals surface area contributed by atoms with Crippen LogP contribution in [0.2, 0.25) is 0 Å². The zero-order valence-electron chi connectivity index (χ0n) is 11.1. The second-order valence-electron chi connectivity index (χ2n) is 5.23. The maximum atomic E-state index is 11.4. The monoisotopic (exact) mass is 262 g/mol. The van der Waals surface area contributed by atoms with Crippen LogP contribution in [0.1, 0.15) is 52.4 Å². The Morgan fingerprint density at radius 3 is 2.76 bits per heavy atom. The molecule has 0 bridgehead atoms. The largest absolute Gasteiger partial charge is 0.355 e. The summed E-state index contributed by atoms with van der Waals surface area (Å²) in [6.45, 7) is 5.06. The van der Waals surface area contributed by atoms with E-state index in [4.69, 9.17) is 5.73 Å². The molecule has 1 aliphatic rings. The minimum Gasteiger partial charge on any atom is -0.355 e. The molecule has 3 atom stereocenters. The van der Waals surface area contributed by atoms with Crippen molar-refractivity contribution < 1.29 is 4.79 Å². The van der Waals surface area contributed by atoms with E-state index in [1.165, 1.54) is 25.7 Å². The normalized spacial score (nSPS) is 25.8. The Hall–Kier alpha value is -0.280. The van der Waals surface area contributed by atoms with Crippen LogP contribution in [0.4, 0.5) is 0 Å². The summed E-state index contributed by atoms with van der Waals surface area (Å²) in [7, 11) is 0. The highest BCUT2D eigenvalue weighted by molar-refractivity contribution is 5.85. The van der Waals surface area contributed by atoms with Crippen LogP contribution in [0.5, 0.6) is 0 Å². The first-order valence-electron chi connectivity index (χ1n) is 6.66. The fraction of sp³-hybridized carbons (Fsp3) is 0.923. The summed E-state index contributed by atoms with van der Waals surface area (Å²) in [5.41, 5.74) is 5.65. The summed E-state index contributed by atoms with van der Waals surface area (Å²) in [5.74, 6) is 1.68. The molecule has 0 saturated heterocycles. The number of hydrogen-bond donors (Lipinski definition) is 2. The van der Waals surface area contributed by atoms with E-state index in [0.29, 0.717) is 6.42 Å². The number of nitrogens with two attached hydrogens (primary N) is 1. The van der Waals surface area contributed by atoms with Crippen molar-refractivity contribution in [3.05, 3.63) is 0 Å². The van der Waals surface area contributed by atoms with E-state index < -0.39 is 0 Å². The van der Waals surface area contributed by atoms with Crippen molar-refractivity contribution in [1.29, 1.82) is 0 Å². The molecule has 0 radical (unpaired) electrons. The van der Waals surface area contributed by atoms with Crippen LogP contribution >= 0.6 is 12.4 Å². The van der Waals surface area contributed by atoms with Gasteiger partial charge in [-0.2, -0.15) is 0 Å². The third kappa shape index (κ3) is 6.27. The highest BCUT2D eigenvalue weighted by atomic mass is 35.5. The maximum absolute atomic E-state index is 11.4. The number of amides is 1. The first kappa shape index (κ1) is 16.7. The molecule has 3 nitrogen and oxygen atoms in total. The standard InChI is InChI=1S/C13H26N2O.ClH/c1-3-12(14)13(16)15-8-7-11-6-4-5-10(2)9-11;/h10-12H,3-9,14H2,1-2H3,(H,15,16);1H/t10?,11?,12-;/m0./s1. The van der Waals surface area contributed by atoms with Gasteiger partial charge in [0.15, 0.2) is 0 Å². The molecule has 2 unspecified atom stereocenters. The minimum atomic E-state index is -0.328. The Morgan fingerprint density at radius 2 is 2.18 bits per heavy atom. The van der Waals surface area contributed by atoms with E-state index >= 15 is 0 Å². The molecule has 1 rings (SSSR count). The van der Waals surface area contributed by atoms with Crippen molar-refractivity contribution in [2.75, 3.05) is 6.54 Å². The van der Waals surface area contributed by atoms with Gasteiger partial charge >= 0.3 is 0 Å². The molecule has 102 valence electrons. The van der Waals surface area contributed by atoms with Crippen molar-refractivity contribution in [2.24, 2.45) is 17.6 Å². The Labute approximate surface area is 111 Å². The van der Waals surface area contributed by atoms with E-state index in [2.05, 4.69) is 12.2 Å². The summed E-state index contributed by atoms with van der Waals surface area (Å²) in [5, 5.41) is 2.93. The van der Waals surface area contributed by atoms with Crippen LogP contribution in [0.3, 0.4) is 0 Å². The van der Waals surface area contributed by atoms with E-state index in [0.717, 1.165) is 24.8 Å². The van der Waals surface area contributed by atoms with Gasteiger partial charge in [-0.1, -0.05) is 33.1 Å². The number of rotatable bonds is 5. The lowest BCUT2D eigenvalue weighted by molar-refractivity contribution is -0.122. The molecule has 0 aromatic carbocycles. The van der Waals surface area contributed by atoms with Crippen LogP contribution in [0.15, 0.2) is 0 Å². The molecule has 1 fully saturated rings. The number of carbonyl (C=O) groups excluding carboxylic acids is 1. The molecule has 1 aliphatic carbocycles. The molecule has 1 amide bonds. The van der Waals surface area contributed by atoms with E-state index in [-0.39, 0.29) is 24.4 Å². The van der Waals surface area contributed by atoms with Crippen LogP contribution in [-0.4, -0.2) is 18.5 Å². The van der Waals surface area contributed by atoms with Crippen molar-refractivity contribution in [1.82, 2.24) is 5.32 Å². The second kappa shape index (κ2) is 8.76. The molecule has 3 N–H and O–H groups in total. The van der Waals surface area contributed by atoms with Gasteiger partial charge in [0.05, 0.1) is 6.04 Å². The van der Waals surface area contributed by atoms with Crippen molar-refractivity contribution in [2.45, 2.75) is 58.4 Å².